The Morgan fingerprint density at radius 3 is 2.50 bits per heavy atom. The summed E-state index contributed by atoms with van der Waals surface area (Å²) in [6, 6.07) is 12.3. The van der Waals surface area contributed by atoms with Crippen LogP contribution in [0.1, 0.15) is 30.9 Å². The van der Waals surface area contributed by atoms with Crippen LogP contribution in [0, 0.1) is 12.8 Å². The number of aryl methyl sites for hydroxylation is 3. The number of benzene rings is 1. The van der Waals surface area contributed by atoms with Crippen LogP contribution in [0.3, 0.4) is 0 Å². The first-order valence-corrected chi connectivity index (χ1v) is 7.15. The van der Waals surface area contributed by atoms with E-state index in [0.29, 0.717) is 18.4 Å². The summed E-state index contributed by atoms with van der Waals surface area (Å²) in [5.74, 6) is 2.04. The highest BCUT2D eigenvalue weighted by Crippen LogP contribution is 2.12. The SMILES string of the molecule is Cc1cc(OCC(C)C)nc(CCc2ccccc2)n1. The van der Waals surface area contributed by atoms with Gasteiger partial charge in [0, 0.05) is 18.2 Å². The summed E-state index contributed by atoms with van der Waals surface area (Å²) in [6.45, 7) is 6.93. The molecule has 0 radical (unpaired) electrons. The maximum Gasteiger partial charge on any atom is 0.216 e. The van der Waals surface area contributed by atoms with Crippen molar-refractivity contribution in [1.29, 1.82) is 0 Å². The van der Waals surface area contributed by atoms with Gasteiger partial charge in [0.2, 0.25) is 5.88 Å². The van der Waals surface area contributed by atoms with Gasteiger partial charge in [-0.1, -0.05) is 44.2 Å². The van der Waals surface area contributed by atoms with Crippen LogP contribution in [-0.2, 0) is 12.8 Å². The summed E-state index contributed by atoms with van der Waals surface area (Å²) in [6.07, 6.45) is 1.79. The Kier molecular flexibility index (Phi) is 5.10. The van der Waals surface area contributed by atoms with E-state index < -0.39 is 0 Å². The van der Waals surface area contributed by atoms with E-state index in [9.17, 15) is 0 Å². The van der Waals surface area contributed by atoms with E-state index in [2.05, 4.69) is 48.1 Å². The second kappa shape index (κ2) is 7.04. The summed E-state index contributed by atoms with van der Waals surface area (Å²) in [4.78, 5) is 8.97. The highest BCUT2D eigenvalue weighted by molar-refractivity contribution is 5.18. The molecule has 0 saturated carbocycles. The van der Waals surface area contributed by atoms with Gasteiger partial charge >= 0.3 is 0 Å². The van der Waals surface area contributed by atoms with Crippen molar-refractivity contribution in [3.63, 3.8) is 0 Å². The minimum absolute atomic E-state index is 0.498. The molecule has 20 heavy (non-hydrogen) atoms. The van der Waals surface area contributed by atoms with Gasteiger partial charge < -0.3 is 4.74 Å². The van der Waals surface area contributed by atoms with Crippen LogP contribution < -0.4 is 4.74 Å². The number of hydrogen-bond acceptors (Lipinski definition) is 3. The first-order chi connectivity index (χ1) is 9.63. The van der Waals surface area contributed by atoms with Gasteiger partial charge in [-0.05, 0) is 24.8 Å². The van der Waals surface area contributed by atoms with Crippen molar-refractivity contribution in [2.24, 2.45) is 5.92 Å². The Labute approximate surface area is 121 Å². The fourth-order valence-electron chi connectivity index (χ4n) is 1.94. The lowest BCUT2D eigenvalue weighted by atomic mass is 10.1. The van der Waals surface area contributed by atoms with Crippen molar-refractivity contribution in [2.75, 3.05) is 6.61 Å². The quantitative estimate of drug-likeness (QED) is 0.804. The van der Waals surface area contributed by atoms with E-state index in [1.807, 2.05) is 19.1 Å². The van der Waals surface area contributed by atoms with Gasteiger partial charge in [-0.15, -0.1) is 0 Å². The Balaban J connectivity index is 2.00. The number of nitrogens with zero attached hydrogens (tertiary/aromatic N) is 2. The van der Waals surface area contributed by atoms with Crippen molar-refractivity contribution < 1.29 is 4.74 Å². The Bertz CT molecular complexity index is 538. The zero-order valence-corrected chi connectivity index (χ0v) is 12.5. The lowest BCUT2D eigenvalue weighted by Gasteiger charge is -2.09. The van der Waals surface area contributed by atoms with E-state index in [0.717, 1.165) is 24.4 Å². The predicted octanol–water partition coefficient (Wildman–Crippen LogP) is 3.61. The number of ether oxygens (including phenoxy) is 1. The molecule has 1 aromatic heterocycles. The molecule has 0 aliphatic heterocycles. The Morgan fingerprint density at radius 1 is 1.05 bits per heavy atom. The van der Waals surface area contributed by atoms with Gasteiger partial charge in [0.1, 0.15) is 5.82 Å². The molecule has 0 bridgehead atoms. The highest BCUT2D eigenvalue weighted by Gasteiger charge is 2.05. The molecule has 0 fully saturated rings. The maximum atomic E-state index is 5.69. The first kappa shape index (κ1) is 14.5. The zero-order valence-electron chi connectivity index (χ0n) is 12.5. The molecule has 1 aromatic carbocycles. The largest absolute Gasteiger partial charge is 0.477 e. The topological polar surface area (TPSA) is 35.0 Å². The number of aromatic nitrogens is 2. The van der Waals surface area contributed by atoms with Crippen molar-refractivity contribution in [2.45, 2.75) is 33.6 Å². The van der Waals surface area contributed by atoms with E-state index in [-0.39, 0.29) is 0 Å². The third-order valence-corrected chi connectivity index (χ3v) is 2.92. The lowest BCUT2D eigenvalue weighted by molar-refractivity contribution is 0.260. The lowest BCUT2D eigenvalue weighted by Crippen LogP contribution is -2.08. The summed E-state index contributed by atoms with van der Waals surface area (Å²) in [5.41, 5.74) is 2.27. The second-order valence-corrected chi connectivity index (χ2v) is 5.45. The summed E-state index contributed by atoms with van der Waals surface area (Å²) in [5, 5.41) is 0. The normalized spacial score (nSPS) is 10.8. The standard InChI is InChI=1S/C17H22N2O/c1-13(2)12-20-17-11-14(3)18-16(19-17)10-9-15-7-5-4-6-8-15/h4-8,11,13H,9-10,12H2,1-3H3. The molecule has 2 rings (SSSR count). The third kappa shape index (κ3) is 4.65. The van der Waals surface area contributed by atoms with Crippen LogP contribution in [-0.4, -0.2) is 16.6 Å². The van der Waals surface area contributed by atoms with E-state index in [1.54, 1.807) is 0 Å². The van der Waals surface area contributed by atoms with Crippen molar-refractivity contribution in [1.82, 2.24) is 9.97 Å². The van der Waals surface area contributed by atoms with Crippen LogP contribution in [0.15, 0.2) is 36.4 Å². The van der Waals surface area contributed by atoms with Gasteiger partial charge in [-0.2, -0.15) is 4.98 Å². The maximum absolute atomic E-state index is 5.69. The molecule has 0 unspecified atom stereocenters. The molecule has 0 amide bonds. The molecule has 0 spiro atoms. The first-order valence-electron chi connectivity index (χ1n) is 7.15. The van der Waals surface area contributed by atoms with Crippen LogP contribution in [0.25, 0.3) is 0 Å². The van der Waals surface area contributed by atoms with E-state index in [1.165, 1.54) is 5.56 Å². The Hall–Kier alpha value is -1.90. The smallest absolute Gasteiger partial charge is 0.216 e. The summed E-state index contributed by atoms with van der Waals surface area (Å²) < 4.78 is 5.69. The fourth-order valence-corrected chi connectivity index (χ4v) is 1.94. The van der Waals surface area contributed by atoms with Crippen LogP contribution in [0.4, 0.5) is 0 Å². The molecule has 0 aliphatic rings. The summed E-state index contributed by atoms with van der Waals surface area (Å²) in [7, 11) is 0. The van der Waals surface area contributed by atoms with Gasteiger partial charge in [-0.3, -0.25) is 0 Å². The molecule has 0 N–H and O–H groups in total. The molecule has 106 valence electrons. The average molecular weight is 270 g/mol. The third-order valence-electron chi connectivity index (χ3n) is 2.92. The number of hydrogen-bond donors (Lipinski definition) is 0. The minimum atomic E-state index is 0.498. The molecule has 0 saturated heterocycles. The molecule has 3 nitrogen and oxygen atoms in total. The minimum Gasteiger partial charge on any atom is -0.477 e. The van der Waals surface area contributed by atoms with Crippen LogP contribution >= 0.6 is 0 Å². The van der Waals surface area contributed by atoms with Gasteiger partial charge in [-0.25, -0.2) is 4.98 Å². The fraction of sp³-hybridized carbons (Fsp3) is 0.412. The van der Waals surface area contributed by atoms with E-state index >= 15 is 0 Å². The zero-order chi connectivity index (χ0) is 14.4. The van der Waals surface area contributed by atoms with Crippen molar-refractivity contribution in [3.05, 3.63) is 53.5 Å². The Morgan fingerprint density at radius 2 is 1.80 bits per heavy atom. The highest BCUT2D eigenvalue weighted by atomic mass is 16.5. The second-order valence-electron chi connectivity index (χ2n) is 5.45. The number of rotatable bonds is 6. The van der Waals surface area contributed by atoms with Crippen LogP contribution in [0.2, 0.25) is 0 Å². The molecule has 1 heterocycles. The van der Waals surface area contributed by atoms with Crippen molar-refractivity contribution >= 4 is 0 Å². The summed E-state index contributed by atoms with van der Waals surface area (Å²) >= 11 is 0. The van der Waals surface area contributed by atoms with Gasteiger partial charge in [0.25, 0.3) is 0 Å². The van der Waals surface area contributed by atoms with Crippen LogP contribution in [0.5, 0.6) is 5.88 Å². The van der Waals surface area contributed by atoms with Gasteiger partial charge in [0.15, 0.2) is 0 Å². The molecule has 3 heteroatoms. The molecule has 0 aliphatic carbocycles. The average Bonchev–Trinajstić information content (AvgIpc) is 2.44. The van der Waals surface area contributed by atoms with Gasteiger partial charge in [0.05, 0.1) is 6.61 Å². The predicted molar refractivity (Wildman–Crippen MR) is 81.0 cm³/mol. The van der Waals surface area contributed by atoms with Crippen molar-refractivity contribution in [3.8, 4) is 5.88 Å². The van der Waals surface area contributed by atoms with E-state index in [4.69, 9.17) is 4.74 Å². The monoisotopic (exact) mass is 270 g/mol. The molecular formula is C17H22N2O. The molecule has 0 atom stereocenters. The molecular weight excluding hydrogens is 248 g/mol. The molecule has 2 aromatic rings.